The van der Waals surface area contributed by atoms with E-state index in [0.29, 0.717) is 10.9 Å². The van der Waals surface area contributed by atoms with E-state index < -0.39 is 4.92 Å². The largest absolute Gasteiger partial charge is 0.361 e. The quantitative estimate of drug-likeness (QED) is 0.624. The summed E-state index contributed by atoms with van der Waals surface area (Å²) in [5.74, 6) is -0.361. The number of hydrogen-bond acceptors (Lipinski definition) is 2. The van der Waals surface area contributed by atoms with E-state index in [1.165, 1.54) is 25.1 Å². The van der Waals surface area contributed by atoms with Crippen LogP contribution in [0.4, 0.5) is 4.39 Å². The standard InChI is InChI=1S/C11H9FN2O2/c1-7(14(15)16)4-8-6-13-11-3-2-9(12)5-10(8)11/h2-6,13H,1H3/b7-4-. The Bertz CT molecular complexity index is 587. The van der Waals surface area contributed by atoms with E-state index in [4.69, 9.17) is 0 Å². The summed E-state index contributed by atoms with van der Waals surface area (Å²) in [5.41, 5.74) is 1.39. The number of nitro groups is 1. The highest BCUT2D eigenvalue weighted by Gasteiger charge is 2.07. The fraction of sp³-hybridized carbons (Fsp3) is 0.0909. The van der Waals surface area contributed by atoms with Crippen molar-refractivity contribution in [2.45, 2.75) is 6.92 Å². The number of nitrogens with one attached hydrogen (secondary N) is 1. The fourth-order valence-electron chi connectivity index (χ4n) is 1.51. The number of hydrogen-bond donors (Lipinski definition) is 1. The Balaban J connectivity index is 2.57. The molecule has 16 heavy (non-hydrogen) atoms. The van der Waals surface area contributed by atoms with Crippen molar-refractivity contribution in [1.29, 1.82) is 0 Å². The van der Waals surface area contributed by atoms with E-state index in [2.05, 4.69) is 4.98 Å². The molecule has 2 aromatic rings. The van der Waals surface area contributed by atoms with Crippen molar-refractivity contribution in [3.05, 3.63) is 51.6 Å². The number of fused-ring (bicyclic) bond motifs is 1. The van der Waals surface area contributed by atoms with Crippen LogP contribution in [0.2, 0.25) is 0 Å². The average molecular weight is 220 g/mol. The molecule has 1 aromatic carbocycles. The van der Waals surface area contributed by atoms with Crippen molar-refractivity contribution in [3.8, 4) is 0 Å². The Kier molecular flexibility index (Phi) is 2.44. The van der Waals surface area contributed by atoms with Crippen molar-refractivity contribution in [2.24, 2.45) is 0 Å². The number of halogens is 1. The van der Waals surface area contributed by atoms with Gasteiger partial charge in [-0.3, -0.25) is 10.1 Å². The van der Waals surface area contributed by atoms with Gasteiger partial charge in [0.05, 0.1) is 4.92 Å². The highest BCUT2D eigenvalue weighted by molar-refractivity contribution is 5.88. The maximum absolute atomic E-state index is 13.0. The Morgan fingerprint density at radius 3 is 3.00 bits per heavy atom. The molecule has 0 aliphatic heterocycles. The van der Waals surface area contributed by atoms with Crippen LogP contribution in [0, 0.1) is 15.9 Å². The third kappa shape index (κ3) is 1.79. The molecule has 0 aliphatic rings. The molecule has 0 radical (unpaired) electrons. The SMILES string of the molecule is C/C(=C/c1c[nH]c2ccc(F)cc12)[N+](=O)[O-]. The molecule has 0 amide bonds. The van der Waals surface area contributed by atoms with Crippen molar-refractivity contribution < 1.29 is 9.31 Å². The van der Waals surface area contributed by atoms with Gasteiger partial charge in [-0.2, -0.15) is 0 Å². The molecule has 0 unspecified atom stereocenters. The third-order valence-corrected chi connectivity index (χ3v) is 2.33. The van der Waals surface area contributed by atoms with Gasteiger partial charge in [-0.1, -0.05) is 0 Å². The van der Waals surface area contributed by atoms with Gasteiger partial charge >= 0.3 is 0 Å². The molecule has 1 aromatic heterocycles. The first-order valence-electron chi connectivity index (χ1n) is 4.67. The number of allylic oxidation sites excluding steroid dienone is 1. The van der Waals surface area contributed by atoms with Crippen LogP contribution in [-0.2, 0) is 0 Å². The third-order valence-electron chi connectivity index (χ3n) is 2.33. The summed E-state index contributed by atoms with van der Waals surface area (Å²) in [6.45, 7) is 1.40. The fourth-order valence-corrected chi connectivity index (χ4v) is 1.51. The molecule has 1 N–H and O–H groups in total. The van der Waals surface area contributed by atoms with E-state index in [1.807, 2.05) is 0 Å². The number of benzene rings is 1. The zero-order valence-corrected chi connectivity index (χ0v) is 8.53. The van der Waals surface area contributed by atoms with E-state index in [9.17, 15) is 14.5 Å². The number of rotatable bonds is 2. The van der Waals surface area contributed by atoms with Crippen LogP contribution in [0.25, 0.3) is 17.0 Å². The highest BCUT2D eigenvalue weighted by atomic mass is 19.1. The molecule has 0 bridgehead atoms. The lowest BCUT2D eigenvalue weighted by atomic mass is 10.1. The minimum absolute atomic E-state index is 0.0187. The van der Waals surface area contributed by atoms with Gasteiger partial charge in [0.2, 0.25) is 5.70 Å². The normalized spacial score (nSPS) is 12.0. The van der Waals surface area contributed by atoms with Gasteiger partial charge in [-0.15, -0.1) is 0 Å². The molecule has 1 heterocycles. The first-order valence-corrected chi connectivity index (χ1v) is 4.67. The van der Waals surface area contributed by atoms with Crippen LogP contribution >= 0.6 is 0 Å². The lowest BCUT2D eigenvalue weighted by molar-refractivity contribution is -0.422. The number of aromatic amines is 1. The molecular weight excluding hydrogens is 211 g/mol. The van der Waals surface area contributed by atoms with Crippen LogP contribution in [0.1, 0.15) is 12.5 Å². The van der Waals surface area contributed by atoms with E-state index >= 15 is 0 Å². The van der Waals surface area contributed by atoms with Crippen LogP contribution in [0.5, 0.6) is 0 Å². The molecule has 0 fully saturated rings. The molecule has 0 atom stereocenters. The summed E-state index contributed by atoms with van der Waals surface area (Å²) in [6, 6.07) is 4.29. The Morgan fingerprint density at radius 2 is 2.31 bits per heavy atom. The van der Waals surface area contributed by atoms with Gasteiger partial charge in [-0.25, -0.2) is 4.39 Å². The van der Waals surface area contributed by atoms with Crippen molar-refractivity contribution >= 4 is 17.0 Å². The Labute approximate surface area is 90.5 Å². The second kappa shape index (κ2) is 3.77. The van der Waals surface area contributed by atoms with Crippen LogP contribution in [-0.4, -0.2) is 9.91 Å². The summed E-state index contributed by atoms with van der Waals surface area (Å²) in [7, 11) is 0. The van der Waals surface area contributed by atoms with E-state index in [-0.39, 0.29) is 11.5 Å². The molecule has 4 nitrogen and oxygen atoms in total. The van der Waals surface area contributed by atoms with Crippen molar-refractivity contribution in [2.75, 3.05) is 0 Å². The van der Waals surface area contributed by atoms with Gasteiger partial charge in [-0.05, 0) is 18.2 Å². The first-order chi connectivity index (χ1) is 7.58. The number of H-pyrrole nitrogens is 1. The zero-order chi connectivity index (χ0) is 11.7. The average Bonchev–Trinajstić information content (AvgIpc) is 2.61. The van der Waals surface area contributed by atoms with Crippen molar-refractivity contribution in [1.82, 2.24) is 4.98 Å². The van der Waals surface area contributed by atoms with Crippen LogP contribution in [0.15, 0.2) is 30.1 Å². The Morgan fingerprint density at radius 1 is 1.56 bits per heavy atom. The topological polar surface area (TPSA) is 58.9 Å². The number of aromatic nitrogens is 1. The smallest absolute Gasteiger partial charge is 0.243 e. The number of nitrogens with zero attached hydrogens (tertiary/aromatic N) is 1. The molecule has 0 spiro atoms. The lowest BCUT2D eigenvalue weighted by Crippen LogP contribution is -1.92. The highest BCUT2D eigenvalue weighted by Crippen LogP contribution is 2.21. The molecule has 5 heteroatoms. The van der Waals surface area contributed by atoms with Gasteiger partial charge in [0.1, 0.15) is 5.82 Å². The Hall–Kier alpha value is -2.17. The van der Waals surface area contributed by atoms with E-state index in [1.54, 1.807) is 12.3 Å². The molecule has 2 rings (SSSR count). The van der Waals surface area contributed by atoms with Crippen LogP contribution in [0.3, 0.4) is 0 Å². The minimum Gasteiger partial charge on any atom is -0.361 e. The molecule has 82 valence electrons. The second-order valence-electron chi connectivity index (χ2n) is 3.48. The summed E-state index contributed by atoms with van der Waals surface area (Å²) >= 11 is 0. The lowest BCUT2D eigenvalue weighted by Gasteiger charge is -1.93. The van der Waals surface area contributed by atoms with Gasteiger partial charge < -0.3 is 4.98 Å². The summed E-state index contributed by atoms with van der Waals surface area (Å²) in [5, 5.41) is 11.1. The molecule has 0 saturated heterocycles. The summed E-state index contributed by atoms with van der Waals surface area (Å²) in [4.78, 5) is 12.9. The maximum Gasteiger partial charge on any atom is 0.243 e. The van der Waals surface area contributed by atoms with E-state index in [0.717, 1.165) is 5.52 Å². The molecule has 0 aliphatic carbocycles. The van der Waals surface area contributed by atoms with Gasteiger partial charge in [0.25, 0.3) is 0 Å². The molecule has 0 saturated carbocycles. The van der Waals surface area contributed by atoms with Crippen LogP contribution < -0.4 is 0 Å². The second-order valence-corrected chi connectivity index (χ2v) is 3.48. The first kappa shape index (κ1) is 10.4. The predicted octanol–water partition coefficient (Wildman–Crippen LogP) is 2.94. The van der Waals surface area contributed by atoms with Crippen molar-refractivity contribution in [3.63, 3.8) is 0 Å². The summed E-state index contributed by atoms with van der Waals surface area (Å²) in [6.07, 6.45) is 3.04. The maximum atomic E-state index is 13.0. The predicted molar refractivity (Wildman–Crippen MR) is 58.9 cm³/mol. The van der Waals surface area contributed by atoms with Gasteiger partial charge in [0.15, 0.2) is 0 Å². The molecular formula is C11H9FN2O2. The van der Waals surface area contributed by atoms with Gasteiger partial charge in [0, 0.05) is 35.7 Å². The monoisotopic (exact) mass is 220 g/mol. The summed E-state index contributed by atoms with van der Waals surface area (Å²) < 4.78 is 13.0. The minimum atomic E-state index is -0.474. The zero-order valence-electron chi connectivity index (χ0n) is 8.53.